The van der Waals surface area contributed by atoms with Gasteiger partial charge >= 0.3 is 0 Å². The maximum absolute atomic E-state index is 5.07. The number of ether oxygens (including phenoxy) is 1. The van der Waals surface area contributed by atoms with Crippen LogP contribution in [0.1, 0.15) is 0 Å². The van der Waals surface area contributed by atoms with E-state index >= 15 is 0 Å². The van der Waals surface area contributed by atoms with E-state index in [2.05, 4.69) is 16.8 Å². The minimum atomic E-state index is 0.318. The molecule has 10 heavy (non-hydrogen) atoms. The summed E-state index contributed by atoms with van der Waals surface area (Å²) in [5.74, 6) is 0. The van der Waals surface area contributed by atoms with Gasteiger partial charge < -0.3 is 15.0 Å². The van der Waals surface area contributed by atoms with Crippen molar-refractivity contribution in [2.75, 3.05) is 19.7 Å². The Morgan fingerprint density at radius 2 is 2.70 bits per heavy atom. The molecule has 0 bridgehead atoms. The molecule has 0 spiro atoms. The van der Waals surface area contributed by atoms with Crippen molar-refractivity contribution in [1.29, 1.82) is 0 Å². The van der Waals surface area contributed by atoms with E-state index in [1.165, 1.54) is 0 Å². The molecule has 2 aliphatic heterocycles. The van der Waals surface area contributed by atoms with E-state index in [0.29, 0.717) is 6.04 Å². The van der Waals surface area contributed by atoms with Crippen LogP contribution in [-0.4, -0.2) is 30.6 Å². The standard InChI is InChI=1S/C7H10N2O/c1-2-9-3-4-10-6-7(9)5-8-1/h1-2,7-8H,3-5H2. The highest BCUT2D eigenvalue weighted by Gasteiger charge is 2.22. The summed E-state index contributed by atoms with van der Waals surface area (Å²) in [7, 11) is 0. The predicted molar refractivity (Wildman–Crippen MR) is 36.8 cm³/mol. The van der Waals surface area contributed by atoms with Gasteiger partial charge in [-0.3, -0.25) is 0 Å². The van der Waals surface area contributed by atoms with E-state index in [-0.39, 0.29) is 0 Å². The first-order chi connectivity index (χ1) is 4.97. The molecule has 0 aromatic heterocycles. The van der Waals surface area contributed by atoms with E-state index in [1.54, 1.807) is 0 Å². The molecule has 0 aromatic carbocycles. The van der Waals surface area contributed by atoms with Crippen LogP contribution in [0, 0.1) is 6.61 Å². The summed E-state index contributed by atoms with van der Waals surface area (Å²) >= 11 is 0. The Bertz CT molecular complexity index is 147. The number of morpholine rings is 1. The first kappa shape index (κ1) is 6.04. The van der Waals surface area contributed by atoms with Crippen molar-refractivity contribution >= 4 is 0 Å². The molecule has 1 fully saturated rings. The molecule has 2 radical (unpaired) electrons. The van der Waals surface area contributed by atoms with E-state index in [1.807, 2.05) is 12.4 Å². The van der Waals surface area contributed by atoms with Crippen LogP contribution in [0.15, 0.2) is 12.4 Å². The van der Waals surface area contributed by atoms with E-state index in [9.17, 15) is 0 Å². The second kappa shape index (κ2) is 2.50. The molecule has 3 nitrogen and oxygen atoms in total. The lowest BCUT2D eigenvalue weighted by molar-refractivity contribution is 0.0650. The largest absolute Gasteiger partial charge is 0.388 e. The quantitative estimate of drug-likeness (QED) is 0.501. The number of nitrogens with zero attached hydrogens (tertiary/aromatic N) is 1. The number of hydrogen-bond acceptors (Lipinski definition) is 3. The summed E-state index contributed by atoms with van der Waals surface area (Å²) in [6.07, 6.45) is 4.01. The molecule has 2 rings (SSSR count). The molecule has 1 atom stereocenters. The molecule has 0 amide bonds. The maximum atomic E-state index is 5.07. The molecule has 1 N–H and O–H groups in total. The van der Waals surface area contributed by atoms with Crippen molar-refractivity contribution in [3.63, 3.8) is 0 Å². The van der Waals surface area contributed by atoms with Gasteiger partial charge in [-0.2, -0.15) is 0 Å². The fraction of sp³-hybridized carbons (Fsp3) is 0.571. The Balaban J connectivity index is 2.03. The van der Waals surface area contributed by atoms with Gasteiger partial charge in [-0.1, -0.05) is 0 Å². The van der Waals surface area contributed by atoms with Crippen molar-refractivity contribution in [3.8, 4) is 0 Å². The van der Waals surface area contributed by atoms with Crippen LogP contribution in [0.25, 0.3) is 0 Å². The zero-order valence-electron chi connectivity index (χ0n) is 5.71. The van der Waals surface area contributed by atoms with Gasteiger partial charge in [0.2, 0.25) is 0 Å². The van der Waals surface area contributed by atoms with Gasteiger partial charge in [-0.15, -0.1) is 0 Å². The van der Waals surface area contributed by atoms with Gasteiger partial charge in [-0.25, -0.2) is 0 Å². The van der Waals surface area contributed by atoms with Gasteiger partial charge in [0.05, 0.1) is 12.6 Å². The van der Waals surface area contributed by atoms with Crippen LogP contribution in [0.4, 0.5) is 0 Å². The fourth-order valence-electron chi connectivity index (χ4n) is 1.20. The molecule has 0 aromatic rings. The Morgan fingerprint density at radius 3 is 3.60 bits per heavy atom. The number of fused-ring (bicyclic) bond motifs is 1. The van der Waals surface area contributed by atoms with Crippen molar-refractivity contribution in [1.82, 2.24) is 10.2 Å². The van der Waals surface area contributed by atoms with Crippen LogP contribution in [-0.2, 0) is 4.74 Å². The van der Waals surface area contributed by atoms with Gasteiger partial charge in [0, 0.05) is 25.5 Å². The average molecular weight is 138 g/mol. The Hall–Kier alpha value is -0.700. The highest BCUT2D eigenvalue weighted by molar-refractivity contribution is 4.97. The van der Waals surface area contributed by atoms with Gasteiger partial charge in [0.15, 0.2) is 6.61 Å². The molecular weight excluding hydrogens is 128 g/mol. The van der Waals surface area contributed by atoms with Crippen LogP contribution < -0.4 is 5.32 Å². The lowest BCUT2D eigenvalue weighted by Gasteiger charge is -2.36. The van der Waals surface area contributed by atoms with Crippen LogP contribution in [0.2, 0.25) is 0 Å². The number of rotatable bonds is 0. The highest BCUT2D eigenvalue weighted by atomic mass is 16.5. The van der Waals surface area contributed by atoms with Crippen LogP contribution >= 0.6 is 0 Å². The van der Waals surface area contributed by atoms with Crippen molar-refractivity contribution in [3.05, 3.63) is 19.0 Å². The van der Waals surface area contributed by atoms with E-state index in [4.69, 9.17) is 4.74 Å². The minimum Gasteiger partial charge on any atom is -0.388 e. The first-order valence-corrected chi connectivity index (χ1v) is 3.50. The monoisotopic (exact) mass is 138 g/mol. The summed E-state index contributed by atoms with van der Waals surface area (Å²) in [6.45, 7) is 5.59. The molecule has 2 heterocycles. The van der Waals surface area contributed by atoms with Crippen molar-refractivity contribution < 1.29 is 4.74 Å². The van der Waals surface area contributed by atoms with Crippen molar-refractivity contribution in [2.24, 2.45) is 0 Å². The van der Waals surface area contributed by atoms with E-state index < -0.39 is 0 Å². The second-order valence-electron chi connectivity index (χ2n) is 2.44. The first-order valence-electron chi connectivity index (χ1n) is 3.50. The summed E-state index contributed by atoms with van der Waals surface area (Å²) in [4.78, 5) is 2.22. The number of nitrogens with one attached hydrogen (secondary N) is 1. The summed E-state index contributed by atoms with van der Waals surface area (Å²) in [6, 6.07) is 0.318. The molecule has 2 aliphatic rings. The zero-order chi connectivity index (χ0) is 6.81. The SMILES string of the molecule is [C]1OCCN2C=CNCC12. The Kier molecular flexibility index (Phi) is 1.51. The normalized spacial score (nSPS) is 31.2. The van der Waals surface area contributed by atoms with E-state index in [0.717, 1.165) is 19.7 Å². The molecule has 54 valence electrons. The zero-order valence-corrected chi connectivity index (χ0v) is 5.71. The maximum Gasteiger partial charge on any atom is 0.158 e. The summed E-state index contributed by atoms with van der Waals surface area (Å²) in [5.41, 5.74) is 0. The van der Waals surface area contributed by atoms with Gasteiger partial charge in [-0.05, 0) is 0 Å². The Labute approximate surface area is 60.7 Å². The lowest BCUT2D eigenvalue weighted by Crippen LogP contribution is -2.47. The smallest absolute Gasteiger partial charge is 0.158 e. The molecule has 0 saturated carbocycles. The number of hydrogen-bond donors (Lipinski definition) is 1. The summed E-state index contributed by atoms with van der Waals surface area (Å²) < 4.78 is 5.07. The third-order valence-corrected chi connectivity index (χ3v) is 1.77. The van der Waals surface area contributed by atoms with Gasteiger partial charge in [0.25, 0.3) is 0 Å². The summed E-state index contributed by atoms with van der Waals surface area (Å²) in [5, 5.41) is 3.12. The predicted octanol–water partition coefficient (Wildman–Crippen LogP) is -0.200. The second-order valence-corrected chi connectivity index (χ2v) is 2.44. The highest BCUT2D eigenvalue weighted by Crippen LogP contribution is 2.11. The average Bonchev–Trinajstić information content (AvgIpc) is 2.05. The third-order valence-electron chi connectivity index (χ3n) is 1.77. The van der Waals surface area contributed by atoms with Gasteiger partial charge in [0.1, 0.15) is 0 Å². The third kappa shape index (κ3) is 0.968. The molecule has 0 aliphatic carbocycles. The van der Waals surface area contributed by atoms with Crippen molar-refractivity contribution in [2.45, 2.75) is 6.04 Å². The molecule has 1 unspecified atom stereocenters. The Morgan fingerprint density at radius 1 is 1.70 bits per heavy atom. The van der Waals surface area contributed by atoms with Crippen LogP contribution in [0.5, 0.6) is 0 Å². The topological polar surface area (TPSA) is 24.5 Å². The minimum absolute atomic E-state index is 0.318. The van der Waals surface area contributed by atoms with Crippen LogP contribution in [0.3, 0.4) is 0 Å². The molecular formula is C7H10N2O. The molecule has 1 saturated heterocycles. The lowest BCUT2D eigenvalue weighted by atomic mass is 10.2. The molecule has 3 heteroatoms. The fourth-order valence-corrected chi connectivity index (χ4v) is 1.20.